The van der Waals surface area contributed by atoms with E-state index < -0.39 is 0 Å². The SMILES string of the molecule is O=c1[nH]c(/C(Cl)=C\c2ccsc2)nc2ccccc12. The maximum absolute atomic E-state index is 11.9. The van der Waals surface area contributed by atoms with Gasteiger partial charge >= 0.3 is 0 Å². The van der Waals surface area contributed by atoms with E-state index >= 15 is 0 Å². The van der Waals surface area contributed by atoms with E-state index in [1.54, 1.807) is 29.5 Å². The lowest BCUT2D eigenvalue weighted by Crippen LogP contribution is -2.10. The van der Waals surface area contributed by atoms with Gasteiger partial charge in [0.2, 0.25) is 0 Å². The first kappa shape index (κ1) is 12.1. The number of thiophene rings is 1. The van der Waals surface area contributed by atoms with Gasteiger partial charge in [0.15, 0.2) is 5.82 Å². The fourth-order valence-electron chi connectivity index (χ4n) is 1.77. The molecule has 3 rings (SSSR count). The average Bonchev–Trinajstić information content (AvgIpc) is 2.91. The molecule has 0 aliphatic carbocycles. The van der Waals surface area contributed by atoms with Crippen molar-refractivity contribution < 1.29 is 0 Å². The van der Waals surface area contributed by atoms with E-state index in [1.165, 1.54) is 0 Å². The first-order valence-corrected chi connectivity index (χ1v) is 6.95. The number of rotatable bonds is 2. The molecule has 0 bridgehead atoms. The topological polar surface area (TPSA) is 45.8 Å². The second-order valence-electron chi connectivity index (χ2n) is 3.98. The third-order valence-electron chi connectivity index (χ3n) is 2.68. The number of nitrogens with zero attached hydrogens (tertiary/aromatic N) is 1. The molecule has 0 spiro atoms. The molecule has 0 saturated heterocycles. The maximum atomic E-state index is 11.9. The number of halogens is 1. The second-order valence-corrected chi connectivity index (χ2v) is 5.17. The molecule has 94 valence electrons. The number of aromatic amines is 1. The molecule has 1 N–H and O–H groups in total. The minimum absolute atomic E-state index is 0.183. The first-order valence-electron chi connectivity index (χ1n) is 5.63. The van der Waals surface area contributed by atoms with Crippen LogP contribution in [0.2, 0.25) is 0 Å². The highest BCUT2D eigenvalue weighted by Crippen LogP contribution is 2.20. The lowest BCUT2D eigenvalue weighted by atomic mass is 10.2. The second kappa shape index (κ2) is 4.99. The summed E-state index contributed by atoms with van der Waals surface area (Å²) in [5.41, 5.74) is 1.45. The van der Waals surface area contributed by atoms with Crippen LogP contribution in [0.15, 0.2) is 45.9 Å². The molecular formula is C14H9ClN2OS. The van der Waals surface area contributed by atoms with Gasteiger partial charge in [0.25, 0.3) is 5.56 Å². The third kappa shape index (κ3) is 2.45. The number of para-hydroxylation sites is 1. The van der Waals surface area contributed by atoms with Crippen LogP contribution in [0.3, 0.4) is 0 Å². The highest BCUT2D eigenvalue weighted by atomic mass is 35.5. The van der Waals surface area contributed by atoms with Gasteiger partial charge in [-0.2, -0.15) is 11.3 Å². The fraction of sp³-hybridized carbons (Fsp3) is 0. The zero-order chi connectivity index (χ0) is 13.2. The molecule has 19 heavy (non-hydrogen) atoms. The van der Waals surface area contributed by atoms with Crippen LogP contribution in [-0.2, 0) is 0 Å². The molecule has 0 radical (unpaired) electrons. The Morgan fingerprint density at radius 1 is 1.32 bits per heavy atom. The van der Waals surface area contributed by atoms with Crippen molar-refractivity contribution in [3.8, 4) is 0 Å². The quantitative estimate of drug-likeness (QED) is 0.781. The summed E-state index contributed by atoms with van der Waals surface area (Å²) in [6.45, 7) is 0. The van der Waals surface area contributed by atoms with Gasteiger partial charge in [0, 0.05) is 0 Å². The largest absolute Gasteiger partial charge is 0.305 e. The summed E-state index contributed by atoms with van der Waals surface area (Å²) in [4.78, 5) is 19.0. The minimum Gasteiger partial charge on any atom is -0.305 e. The highest BCUT2D eigenvalue weighted by molar-refractivity contribution is 7.08. The Morgan fingerprint density at radius 2 is 2.16 bits per heavy atom. The maximum Gasteiger partial charge on any atom is 0.259 e. The van der Waals surface area contributed by atoms with Crippen LogP contribution in [0.4, 0.5) is 0 Å². The summed E-state index contributed by atoms with van der Waals surface area (Å²) in [6.07, 6.45) is 1.78. The number of benzene rings is 1. The van der Waals surface area contributed by atoms with Gasteiger partial charge in [-0.15, -0.1) is 0 Å². The Bertz CT molecular complexity index is 806. The predicted octanol–water partition coefficient (Wildman–Crippen LogP) is 3.72. The van der Waals surface area contributed by atoms with E-state index in [4.69, 9.17) is 11.6 Å². The number of hydrogen-bond acceptors (Lipinski definition) is 3. The minimum atomic E-state index is -0.183. The van der Waals surface area contributed by atoms with Crippen LogP contribution in [0.1, 0.15) is 11.4 Å². The smallest absolute Gasteiger partial charge is 0.259 e. The van der Waals surface area contributed by atoms with E-state index in [2.05, 4.69) is 9.97 Å². The first-order chi connectivity index (χ1) is 9.24. The molecule has 0 aliphatic rings. The number of aromatic nitrogens is 2. The summed E-state index contributed by atoms with van der Waals surface area (Å²) in [5, 5.41) is 4.92. The van der Waals surface area contributed by atoms with Crippen LogP contribution >= 0.6 is 22.9 Å². The molecule has 3 aromatic rings. The van der Waals surface area contributed by atoms with Crippen molar-refractivity contribution >= 4 is 44.9 Å². The summed E-state index contributed by atoms with van der Waals surface area (Å²) in [6, 6.07) is 9.13. The molecule has 0 amide bonds. The van der Waals surface area contributed by atoms with Crippen LogP contribution in [0, 0.1) is 0 Å². The zero-order valence-electron chi connectivity index (χ0n) is 9.76. The molecule has 2 aromatic heterocycles. The lowest BCUT2D eigenvalue weighted by Gasteiger charge is -2.01. The van der Waals surface area contributed by atoms with E-state index in [-0.39, 0.29) is 5.56 Å². The van der Waals surface area contributed by atoms with Gasteiger partial charge in [-0.3, -0.25) is 4.79 Å². The van der Waals surface area contributed by atoms with Gasteiger partial charge in [-0.25, -0.2) is 4.98 Å². The summed E-state index contributed by atoms with van der Waals surface area (Å²) in [7, 11) is 0. The van der Waals surface area contributed by atoms with Gasteiger partial charge in [0.05, 0.1) is 15.9 Å². The van der Waals surface area contributed by atoms with E-state index in [9.17, 15) is 4.79 Å². The van der Waals surface area contributed by atoms with E-state index in [0.29, 0.717) is 21.8 Å². The summed E-state index contributed by atoms with van der Waals surface area (Å²) in [5.74, 6) is 0.386. The summed E-state index contributed by atoms with van der Waals surface area (Å²) >= 11 is 7.79. The van der Waals surface area contributed by atoms with Crippen molar-refractivity contribution in [2.45, 2.75) is 0 Å². The summed E-state index contributed by atoms with van der Waals surface area (Å²) < 4.78 is 0. The Balaban J connectivity index is 2.13. The monoisotopic (exact) mass is 288 g/mol. The average molecular weight is 289 g/mol. The molecule has 0 atom stereocenters. The Labute approximate surface area is 118 Å². The van der Waals surface area contributed by atoms with E-state index in [1.807, 2.05) is 29.0 Å². The molecule has 5 heteroatoms. The lowest BCUT2D eigenvalue weighted by molar-refractivity contribution is 1.14. The van der Waals surface area contributed by atoms with E-state index in [0.717, 1.165) is 5.56 Å². The van der Waals surface area contributed by atoms with Crippen LogP contribution in [0.5, 0.6) is 0 Å². The standard InChI is InChI=1S/C14H9ClN2OS/c15-11(7-9-5-6-19-8-9)13-16-12-4-2-1-3-10(12)14(18)17-13/h1-8H,(H,16,17,18)/b11-7+. The normalized spacial score (nSPS) is 11.9. The third-order valence-corrected chi connectivity index (χ3v) is 3.67. The molecular weight excluding hydrogens is 280 g/mol. The van der Waals surface area contributed by atoms with Crippen LogP contribution < -0.4 is 5.56 Å². The number of fused-ring (bicyclic) bond motifs is 1. The Morgan fingerprint density at radius 3 is 2.95 bits per heavy atom. The zero-order valence-corrected chi connectivity index (χ0v) is 11.3. The molecule has 0 aliphatic heterocycles. The highest BCUT2D eigenvalue weighted by Gasteiger charge is 2.06. The molecule has 2 heterocycles. The number of H-pyrrole nitrogens is 1. The van der Waals surface area contributed by atoms with Crippen molar-refractivity contribution in [3.05, 3.63) is 62.8 Å². The molecule has 0 unspecified atom stereocenters. The Kier molecular flexibility index (Phi) is 3.19. The van der Waals surface area contributed by atoms with Gasteiger partial charge < -0.3 is 4.98 Å². The van der Waals surface area contributed by atoms with Crippen molar-refractivity contribution in [3.63, 3.8) is 0 Å². The molecule has 0 saturated carbocycles. The van der Waals surface area contributed by atoms with Crippen molar-refractivity contribution in [2.75, 3.05) is 0 Å². The molecule has 0 fully saturated rings. The molecule has 3 nitrogen and oxygen atoms in total. The number of hydrogen-bond donors (Lipinski definition) is 1. The number of nitrogens with one attached hydrogen (secondary N) is 1. The van der Waals surface area contributed by atoms with Crippen molar-refractivity contribution in [1.29, 1.82) is 0 Å². The van der Waals surface area contributed by atoms with Gasteiger partial charge in [-0.05, 0) is 40.6 Å². The predicted molar refractivity (Wildman–Crippen MR) is 80.4 cm³/mol. The fourth-order valence-corrected chi connectivity index (χ4v) is 2.60. The van der Waals surface area contributed by atoms with Crippen molar-refractivity contribution in [2.24, 2.45) is 0 Å². The van der Waals surface area contributed by atoms with Crippen LogP contribution in [-0.4, -0.2) is 9.97 Å². The Hall–Kier alpha value is -1.91. The van der Waals surface area contributed by atoms with Crippen molar-refractivity contribution in [1.82, 2.24) is 9.97 Å². The van der Waals surface area contributed by atoms with Gasteiger partial charge in [-0.1, -0.05) is 23.7 Å². The molecule has 1 aromatic carbocycles. The van der Waals surface area contributed by atoms with Crippen LogP contribution in [0.25, 0.3) is 22.0 Å². The van der Waals surface area contributed by atoms with Gasteiger partial charge in [0.1, 0.15) is 0 Å².